The zero-order chi connectivity index (χ0) is 7.72. The van der Waals surface area contributed by atoms with Crippen molar-refractivity contribution < 1.29 is 5.11 Å². The third kappa shape index (κ3) is 1.22. The highest BCUT2D eigenvalue weighted by molar-refractivity contribution is 7.73. The molecule has 0 aliphatic rings. The van der Waals surface area contributed by atoms with Crippen LogP contribution < -0.4 is 0 Å². The van der Waals surface area contributed by atoms with Gasteiger partial charge in [0, 0.05) is 6.04 Å². The van der Waals surface area contributed by atoms with E-state index in [1.54, 1.807) is 9.95 Å². The number of hydrogen-bond donors (Lipinski definition) is 1. The molecule has 1 aromatic heterocycles. The molecule has 1 aromatic rings. The molecular weight excluding hydrogens is 166 g/mol. The normalized spacial score (nSPS) is 10.7. The van der Waals surface area contributed by atoms with Crippen molar-refractivity contribution in [1.82, 2.24) is 4.57 Å². The molecule has 0 saturated carbocycles. The maximum Gasteiger partial charge on any atom is 0.203 e. The van der Waals surface area contributed by atoms with Gasteiger partial charge in [0.1, 0.15) is 0 Å². The lowest BCUT2D eigenvalue weighted by atomic mass is 10.4. The quantitative estimate of drug-likeness (QED) is 0.664. The highest BCUT2D eigenvalue weighted by Gasteiger charge is 2.04. The first kappa shape index (κ1) is 7.75. The fraction of sp³-hybridized carbons (Fsp3) is 0.500. The van der Waals surface area contributed by atoms with Crippen LogP contribution in [0.25, 0.3) is 0 Å². The van der Waals surface area contributed by atoms with Gasteiger partial charge < -0.3 is 5.11 Å². The molecular formula is C6H9NOS2. The van der Waals surface area contributed by atoms with E-state index in [2.05, 4.69) is 0 Å². The van der Waals surface area contributed by atoms with Crippen LogP contribution in [0.15, 0.2) is 5.38 Å². The molecule has 0 bridgehead atoms. The van der Waals surface area contributed by atoms with Gasteiger partial charge in [-0.1, -0.05) is 0 Å². The standard InChI is InChI=1S/C6H9NOS2/c1-4(2)7-5(8)3-10-6(7)9/h3-4,8H,1-2H3. The second kappa shape index (κ2) is 2.72. The molecule has 0 radical (unpaired) electrons. The maximum absolute atomic E-state index is 9.21. The van der Waals surface area contributed by atoms with E-state index in [9.17, 15) is 5.11 Å². The van der Waals surface area contributed by atoms with Crippen molar-refractivity contribution in [1.29, 1.82) is 0 Å². The van der Waals surface area contributed by atoms with Crippen molar-refractivity contribution in [2.45, 2.75) is 19.9 Å². The van der Waals surface area contributed by atoms with Crippen molar-refractivity contribution in [2.24, 2.45) is 0 Å². The molecule has 0 amide bonds. The minimum Gasteiger partial charge on any atom is -0.494 e. The second-order valence-electron chi connectivity index (χ2n) is 2.32. The molecule has 2 nitrogen and oxygen atoms in total. The molecule has 0 aliphatic carbocycles. The molecule has 1 heterocycles. The van der Waals surface area contributed by atoms with Crippen molar-refractivity contribution >= 4 is 23.6 Å². The Kier molecular flexibility index (Phi) is 2.11. The molecule has 0 fully saturated rings. The second-order valence-corrected chi connectivity index (χ2v) is 3.83. The number of thiazole rings is 1. The van der Waals surface area contributed by atoms with Gasteiger partial charge in [-0.15, -0.1) is 11.3 Å². The fourth-order valence-corrected chi connectivity index (χ4v) is 1.97. The molecule has 0 aliphatic heterocycles. The largest absolute Gasteiger partial charge is 0.494 e. The molecule has 1 rings (SSSR count). The summed E-state index contributed by atoms with van der Waals surface area (Å²) in [4.78, 5) is 0. The Morgan fingerprint density at radius 3 is 2.50 bits per heavy atom. The molecule has 0 aromatic carbocycles. The fourth-order valence-electron chi connectivity index (χ4n) is 0.786. The topological polar surface area (TPSA) is 25.2 Å². The van der Waals surface area contributed by atoms with Crippen LogP contribution in [0.4, 0.5) is 0 Å². The Bertz CT molecular complexity index is 274. The zero-order valence-electron chi connectivity index (χ0n) is 5.87. The summed E-state index contributed by atoms with van der Waals surface area (Å²) in [5.41, 5.74) is 0. The Morgan fingerprint density at radius 2 is 2.30 bits per heavy atom. The number of aromatic hydroxyl groups is 1. The lowest BCUT2D eigenvalue weighted by Gasteiger charge is -2.06. The van der Waals surface area contributed by atoms with Gasteiger partial charge in [-0.05, 0) is 26.1 Å². The lowest BCUT2D eigenvalue weighted by molar-refractivity contribution is 0.398. The number of rotatable bonds is 1. The average Bonchev–Trinajstić information content (AvgIpc) is 2.11. The molecule has 4 heteroatoms. The molecule has 1 N–H and O–H groups in total. The van der Waals surface area contributed by atoms with Crippen LogP contribution in [0.5, 0.6) is 5.88 Å². The van der Waals surface area contributed by atoms with Crippen LogP contribution in [0.2, 0.25) is 0 Å². The van der Waals surface area contributed by atoms with E-state index in [0.717, 1.165) is 3.95 Å². The summed E-state index contributed by atoms with van der Waals surface area (Å²) in [7, 11) is 0. The molecule has 0 atom stereocenters. The minimum absolute atomic E-state index is 0.249. The monoisotopic (exact) mass is 175 g/mol. The van der Waals surface area contributed by atoms with E-state index in [1.807, 2.05) is 13.8 Å². The summed E-state index contributed by atoms with van der Waals surface area (Å²) in [5, 5.41) is 10.9. The highest BCUT2D eigenvalue weighted by Crippen LogP contribution is 2.21. The van der Waals surface area contributed by atoms with E-state index in [1.165, 1.54) is 11.3 Å². The zero-order valence-corrected chi connectivity index (χ0v) is 7.50. The first-order valence-corrected chi connectivity index (χ1v) is 4.30. The molecule has 0 spiro atoms. The van der Waals surface area contributed by atoms with Crippen molar-refractivity contribution in [3.8, 4) is 5.88 Å². The Labute approximate surface area is 68.7 Å². The molecule has 10 heavy (non-hydrogen) atoms. The van der Waals surface area contributed by atoms with E-state index < -0.39 is 0 Å². The third-order valence-corrected chi connectivity index (χ3v) is 2.44. The van der Waals surface area contributed by atoms with Crippen molar-refractivity contribution in [2.75, 3.05) is 0 Å². The van der Waals surface area contributed by atoms with Crippen LogP contribution in [-0.2, 0) is 0 Å². The van der Waals surface area contributed by atoms with Gasteiger partial charge in [0.15, 0.2) is 3.95 Å². The highest BCUT2D eigenvalue weighted by atomic mass is 32.1. The number of nitrogens with zero attached hydrogens (tertiary/aromatic N) is 1. The maximum atomic E-state index is 9.21. The number of aromatic nitrogens is 1. The molecule has 56 valence electrons. The number of hydrogen-bond acceptors (Lipinski definition) is 3. The predicted octanol–water partition coefficient (Wildman–Crippen LogP) is 2.57. The lowest BCUT2D eigenvalue weighted by Crippen LogP contribution is -1.98. The summed E-state index contributed by atoms with van der Waals surface area (Å²) in [6.07, 6.45) is 0. The molecule has 0 saturated heterocycles. The Balaban J connectivity index is 3.23. The van der Waals surface area contributed by atoms with Crippen LogP contribution in [0, 0.1) is 3.95 Å². The van der Waals surface area contributed by atoms with Gasteiger partial charge in [-0.25, -0.2) is 0 Å². The first-order chi connectivity index (χ1) is 4.63. The molecule has 0 unspecified atom stereocenters. The summed E-state index contributed by atoms with van der Waals surface area (Å²) >= 11 is 6.36. The predicted molar refractivity (Wildman–Crippen MR) is 45.2 cm³/mol. The van der Waals surface area contributed by atoms with E-state index >= 15 is 0 Å². The van der Waals surface area contributed by atoms with Crippen molar-refractivity contribution in [3.63, 3.8) is 0 Å². The van der Waals surface area contributed by atoms with Gasteiger partial charge in [-0.2, -0.15) is 0 Å². The van der Waals surface area contributed by atoms with Gasteiger partial charge >= 0.3 is 0 Å². The van der Waals surface area contributed by atoms with Gasteiger partial charge in [-0.3, -0.25) is 4.57 Å². The van der Waals surface area contributed by atoms with Crippen molar-refractivity contribution in [3.05, 3.63) is 9.33 Å². The summed E-state index contributed by atoms with van der Waals surface area (Å²) < 4.78 is 2.45. The summed E-state index contributed by atoms with van der Waals surface area (Å²) in [6.45, 7) is 3.98. The SMILES string of the molecule is CC(C)n1c(O)csc1=S. The summed E-state index contributed by atoms with van der Waals surface area (Å²) in [5.74, 6) is 0.269. The van der Waals surface area contributed by atoms with Crippen LogP contribution in [0.3, 0.4) is 0 Å². The Morgan fingerprint density at radius 1 is 1.70 bits per heavy atom. The van der Waals surface area contributed by atoms with E-state index in [4.69, 9.17) is 12.2 Å². The third-order valence-electron chi connectivity index (χ3n) is 1.23. The first-order valence-electron chi connectivity index (χ1n) is 3.02. The van der Waals surface area contributed by atoms with E-state index in [-0.39, 0.29) is 11.9 Å². The van der Waals surface area contributed by atoms with Gasteiger partial charge in [0.25, 0.3) is 0 Å². The van der Waals surface area contributed by atoms with Crippen LogP contribution in [-0.4, -0.2) is 9.67 Å². The smallest absolute Gasteiger partial charge is 0.203 e. The summed E-state index contributed by atoms with van der Waals surface area (Å²) in [6, 6.07) is 0.249. The van der Waals surface area contributed by atoms with Crippen LogP contribution in [0.1, 0.15) is 19.9 Å². The average molecular weight is 175 g/mol. The van der Waals surface area contributed by atoms with Crippen LogP contribution >= 0.6 is 23.6 Å². The van der Waals surface area contributed by atoms with E-state index in [0.29, 0.717) is 0 Å². The van der Waals surface area contributed by atoms with Gasteiger partial charge in [0.2, 0.25) is 5.88 Å². The minimum atomic E-state index is 0.249. The van der Waals surface area contributed by atoms with Gasteiger partial charge in [0.05, 0.1) is 5.38 Å². The Hall–Kier alpha value is -0.350.